The molecule has 5 rings (SSSR count). The van der Waals surface area contributed by atoms with Gasteiger partial charge in [-0.15, -0.1) is 22.7 Å². The van der Waals surface area contributed by atoms with E-state index in [1.807, 2.05) is 5.38 Å². The van der Waals surface area contributed by atoms with Crippen molar-refractivity contribution in [3.63, 3.8) is 0 Å². The fourth-order valence-corrected chi connectivity index (χ4v) is 5.85. The van der Waals surface area contributed by atoms with Gasteiger partial charge in [-0.25, -0.2) is 9.97 Å². The number of thiazole rings is 1. The zero-order chi connectivity index (χ0) is 21.4. The molecule has 1 aromatic carbocycles. The maximum Gasteiger partial charge on any atom is 0.259 e. The summed E-state index contributed by atoms with van der Waals surface area (Å²) in [6.45, 7) is 0. The van der Waals surface area contributed by atoms with Gasteiger partial charge >= 0.3 is 0 Å². The number of nitrogens with zero attached hydrogens (tertiary/aromatic N) is 2. The highest BCUT2D eigenvalue weighted by atomic mass is 32.1. The monoisotopic (exact) mass is 452 g/mol. The van der Waals surface area contributed by atoms with E-state index in [0.29, 0.717) is 17.4 Å². The summed E-state index contributed by atoms with van der Waals surface area (Å²) in [6, 6.07) is 6.75. The van der Waals surface area contributed by atoms with Crippen LogP contribution in [0.25, 0.3) is 21.5 Å². The number of rotatable bonds is 5. The van der Waals surface area contributed by atoms with Gasteiger partial charge in [0.15, 0.2) is 5.13 Å². The van der Waals surface area contributed by atoms with Crippen LogP contribution in [-0.2, 0) is 24.1 Å². The lowest BCUT2D eigenvalue weighted by Gasteiger charge is -2.09. The lowest BCUT2D eigenvalue weighted by Crippen LogP contribution is -2.16. The molecule has 0 aliphatic heterocycles. The number of carbonyl (C=O) groups is 1. The number of thiophene rings is 1. The van der Waals surface area contributed by atoms with Crippen LogP contribution in [0.2, 0.25) is 0 Å². The van der Waals surface area contributed by atoms with E-state index in [1.54, 1.807) is 35.6 Å². The van der Waals surface area contributed by atoms with Crippen LogP contribution in [0.15, 0.2) is 34.4 Å². The highest BCUT2D eigenvalue weighted by molar-refractivity contribution is 7.18. The van der Waals surface area contributed by atoms with E-state index in [0.717, 1.165) is 52.7 Å². The molecule has 4 aromatic rings. The molecule has 3 aromatic heterocycles. The van der Waals surface area contributed by atoms with Gasteiger partial charge in [-0.2, -0.15) is 0 Å². The number of benzene rings is 1. The molecule has 0 atom stereocenters. The van der Waals surface area contributed by atoms with Gasteiger partial charge in [0.25, 0.3) is 5.56 Å². The maximum absolute atomic E-state index is 12.6. The fourth-order valence-electron chi connectivity index (χ4n) is 3.84. The van der Waals surface area contributed by atoms with Gasteiger partial charge < -0.3 is 15.4 Å². The predicted molar refractivity (Wildman–Crippen MR) is 123 cm³/mol. The quantitative estimate of drug-likeness (QED) is 0.419. The first-order valence-corrected chi connectivity index (χ1v) is 11.8. The molecule has 7 nitrogen and oxygen atoms in total. The van der Waals surface area contributed by atoms with E-state index in [2.05, 4.69) is 20.3 Å². The molecule has 0 saturated heterocycles. The topological polar surface area (TPSA) is 108 Å². The zero-order valence-corrected chi connectivity index (χ0v) is 18.2. The molecular weight excluding hydrogens is 432 g/mol. The molecule has 1 aliphatic rings. The average molecular weight is 453 g/mol. The van der Waals surface area contributed by atoms with E-state index in [-0.39, 0.29) is 23.6 Å². The number of fused-ring (bicyclic) bond motifs is 3. The van der Waals surface area contributed by atoms with Crippen LogP contribution in [0.1, 0.15) is 35.5 Å². The summed E-state index contributed by atoms with van der Waals surface area (Å²) >= 11 is 2.95. The number of aryl methyl sites for hydroxylation is 3. The first-order chi connectivity index (χ1) is 15.1. The van der Waals surface area contributed by atoms with Gasteiger partial charge in [0.05, 0.1) is 11.1 Å². The molecule has 0 spiro atoms. The van der Waals surface area contributed by atoms with E-state index in [9.17, 15) is 14.7 Å². The Morgan fingerprint density at radius 1 is 1.16 bits per heavy atom. The molecule has 1 aliphatic carbocycles. The summed E-state index contributed by atoms with van der Waals surface area (Å²) < 4.78 is 0. The molecule has 0 saturated carbocycles. The fraction of sp³-hybridized carbons (Fsp3) is 0.273. The minimum absolute atomic E-state index is 0.0988. The Hall–Kier alpha value is -3.04. The second-order valence-corrected chi connectivity index (χ2v) is 9.48. The van der Waals surface area contributed by atoms with Gasteiger partial charge in [-0.05, 0) is 55.5 Å². The number of H-pyrrole nitrogens is 1. The van der Waals surface area contributed by atoms with Crippen molar-refractivity contribution in [1.82, 2.24) is 15.0 Å². The third-order valence-electron chi connectivity index (χ3n) is 5.38. The third kappa shape index (κ3) is 4.11. The molecule has 9 heteroatoms. The molecule has 0 fully saturated rings. The number of anilines is 1. The van der Waals surface area contributed by atoms with Crippen molar-refractivity contribution in [3.05, 3.63) is 56.3 Å². The summed E-state index contributed by atoms with van der Waals surface area (Å²) in [7, 11) is 0. The van der Waals surface area contributed by atoms with Crippen molar-refractivity contribution in [2.75, 3.05) is 5.32 Å². The van der Waals surface area contributed by atoms with Crippen LogP contribution in [0, 0.1) is 0 Å². The number of phenolic OH excluding ortho intramolecular Hbond substituents is 1. The van der Waals surface area contributed by atoms with E-state index in [1.165, 1.54) is 16.2 Å². The highest BCUT2D eigenvalue weighted by Crippen LogP contribution is 2.33. The van der Waals surface area contributed by atoms with Crippen LogP contribution < -0.4 is 10.9 Å². The Kier molecular flexibility index (Phi) is 5.29. The van der Waals surface area contributed by atoms with Crippen LogP contribution in [0.3, 0.4) is 0 Å². The Balaban J connectivity index is 1.25. The lowest BCUT2D eigenvalue weighted by atomic mass is 9.97. The SMILES string of the molecule is O=C(CCc1nc2sc3c(c2c(=O)[nH]1)CCCC3)Nc1nc(-c2ccc(O)cc2)cs1. The van der Waals surface area contributed by atoms with Gasteiger partial charge in [0.1, 0.15) is 16.4 Å². The Labute approximate surface area is 185 Å². The van der Waals surface area contributed by atoms with E-state index < -0.39 is 0 Å². The smallest absolute Gasteiger partial charge is 0.259 e. The summed E-state index contributed by atoms with van der Waals surface area (Å²) in [4.78, 5) is 39.0. The normalized spacial score (nSPS) is 13.3. The summed E-state index contributed by atoms with van der Waals surface area (Å²) in [5.74, 6) is 0.551. The molecule has 31 heavy (non-hydrogen) atoms. The van der Waals surface area contributed by atoms with Gasteiger partial charge in [0, 0.05) is 28.7 Å². The number of aromatic amines is 1. The Bertz CT molecular complexity index is 1320. The van der Waals surface area contributed by atoms with Crippen molar-refractivity contribution < 1.29 is 9.90 Å². The largest absolute Gasteiger partial charge is 0.508 e. The standard InChI is InChI=1S/C22H20N4O3S2/c27-13-7-5-12(6-8-13)15-11-30-22(23-15)26-18(28)10-9-17-24-20(29)19-14-3-1-2-4-16(14)31-21(19)25-17/h5-8,11,27H,1-4,9-10H2,(H,23,26,28)(H,24,25,29). The number of carbonyl (C=O) groups excluding carboxylic acids is 1. The summed E-state index contributed by atoms with van der Waals surface area (Å²) in [5.41, 5.74) is 2.66. The number of aromatic nitrogens is 3. The summed E-state index contributed by atoms with van der Waals surface area (Å²) in [5, 5.41) is 15.3. The molecule has 158 valence electrons. The molecule has 0 radical (unpaired) electrons. The molecule has 3 N–H and O–H groups in total. The number of hydrogen-bond donors (Lipinski definition) is 3. The average Bonchev–Trinajstić information content (AvgIpc) is 3.37. The van der Waals surface area contributed by atoms with Gasteiger partial charge in [-0.1, -0.05) is 0 Å². The van der Waals surface area contributed by atoms with Gasteiger partial charge in [-0.3, -0.25) is 9.59 Å². The van der Waals surface area contributed by atoms with Crippen molar-refractivity contribution in [2.24, 2.45) is 0 Å². The van der Waals surface area contributed by atoms with Crippen LogP contribution in [-0.4, -0.2) is 26.0 Å². The lowest BCUT2D eigenvalue weighted by molar-refractivity contribution is -0.116. The Morgan fingerprint density at radius 2 is 1.97 bits per heavy atom. The van der Waals surface area contributed by atoms with Crippen LogP contribution in [0.4, 0.5) is 5.13 Å². The molecule has 0 unspecified atom stereocenters. The number of hydrogen-bond acceptors (Lipinski definition) is 7. The van der Waals surface area contributed by atoms with Gasteiger partial charge in [0.2, 0.25) is 5.91 Å². The second kappa shape index (κ2) is 8.24. The Morgan fingerprint density at radius 3 is 2.81 bits per heavy atom. The zero-order valence-electron chi connectivity index (χ0n) is 16.6. The van der Waals surface area contributed by atoms with Crippen molar-refractivity contribution >= 4 is 43.9 Å². The highest BCUT2D eigenvalue weighted by Gasteiger charge is 2.20. The number of nitrogens with one attached hydrogen (secondary N) is 2. The first kappa shape index (κ1) is 19.9. The molecular formula is C22H20N4O3S2. The minimum atomic E-state index is -0.181. The molecule has 1 amide bonds. The number of amides is 1. The van der Waals surface area contributed by atoms with Crippen molar-refractivity contribution in [1.29, 1.82) is 0 Å². The van der Waals surface area contributed by atoms with Crippen molar-refractivity contribution in [2.45, 2.75) is 38.5 Å². The number of phenols is 1. The maximum atomic E-state index is 12.6. The minimum Gasteiger partial charge on any atom is -0.508 e. The van der Waals surface area contributed by atoms with E-state index >= 15 is 0 Å². The summed E-state index contributed by atoms with van der Waals surface area (Å²) in [6.07, 6.45) is 4.81. The predicted octanol–water partition coefficient (Wildman–Crippen LogP) is 4.26. The molecule has 3 heterocycles. The first-order valence-electron chi connectivity index (χ1n) is 10.1. The number of aromatic hydroxyl groups is 1. The van der Waals surface area contributed by atoms with Crippen molar-refractivity contribution in [3.8, 4) is 17.0 Å². The van der Waals surface area contributed by atoms with Crippen LogP contribution >= 0.6 is 22.7 Å². The second-order valence-electron chi connectivity index (χ2n) is 7.54. The molecule has 0 bridgehead atoms. The third-order valence-corrected chi connectivity index (χ3v) is 7.32. The van der Waals surface area contributed by atoms with E-state index in [4.69, 9.17) is 0 Å². The van der Waals surface area contributed by atoms with Crippen LogP contribution in [0.5, 0.6) is 5.75 Å².